The molecule has 0 aliphatic heterocycles. The van der Waals surface area contributed by atoms with Gasteiger partial charge in [-0.05, 0) is 36.3 Å². The fraction of sp³-hybridized carbons (Fsp3) is 0.500. The summed E-state index contributed by atoms with van der Waals surface area (Å²) in [6.45, 7) is 2.18. The van der Waals surface area contributed by atoms with E-state index in [1.807, 2.05) is 6.20 Å². The minimum absolute atomic E-state index is 0.357. The maximum absolute atomic E-state index is 13.7. The summed E-state index contributed by atoms with van der Waals surface area (Å²) >= 11 is 0. The molecule has 1 aromatic carbocycles. The Bertz CT molecular complexity index is 582. The molecule has 2 aromatic rings. The standard InChI is InChI=1S/C16H19F2N/c1-10(11-5-3-2-4-6-11)14-9-19-16-13(14)7-12(17)8-15(16)18/h7-11,19H,2-6H2,1H3. The monoisotopic (exact) mass is 263 g/mol. The van der Waals surface area contributed by atoms with Gasteiger partial charge in [-0.3, -0.25) is 0 Å². The minimum atomic E-state index is -0.503. The van der Waals surface area contributed by atoms with Gasteiger partial charge in [-0.25, -0.2) is 8.78 Å². The van der Waals surface area contributed by atoms with E-state index in [0.29, 0.717) is 22.7 Å². The Hall–Kier alpha value is -1.38. The average Bonchev–Trinajstić information content (AvgIpc) is 2.83. The van der Waals surface area contributed by atoms with Crippen molar-refractivity contribution >= 4 is 10.9 Å². The first-order valence-electron chi connectivity index (χ1n) is 7.13. The van der Waals surface area contributed by atoms with Gasteiger partial charge in [0.1, 0.15) is 11.6 Å². The second-order valence-electron chi connectivity index (χ2n) is 5.74. The molecule has 3 heteroatoms. The van der Waals surface area contributed by atoms with Crippen LogP contribution in [-0.2, 0) is 0 Å². The Labute approximate surface area is 112 Å². The van der Waals surface area contributed by atoms with Crippen LogP contribution in [0.3, 0.4) is 0 Å². The summed E-state index contributed by atoms with van der Waals surface area (Å²) in [6.07, 6.45) is 8.18. The molecule has 1 aliphatic rings. The Balaban J connectivity index is 2.00. The molecule has 0 saturated heterocycles. The highest BCUT2D eigenvalue weighted by Crippen LogP contribution is 2.38. The molecule has 0 amide bonds. The highest BCUT2D eigenvalue weighted by atomic mass is 19.1. The fourth-order valence-corrected chi connectivity index (χ4v) is 3.44. The molecule has 0 bridgehead atoms. The average molecular weight is 263 g/mol. The van der Waals surface area contributed by atoms with E-state index < -0.39 is 11.6 Å². The van der Waals surface area contributed by atoms with E-state index in [9.17, 15) is 8.78 Å². The van der Waals surface area contributed by atoms with Crippen molar-refractivity contribution in [2.24, 2.45) is 5.92 Å². The van der Waals surface area contributed by atoms with Gasteiger partial charge in [0.25, 0.3) is 0 Å². The van der Waals surface area contributed by atoms with Gasteiger partial charge >= 0.3 is 0 Å². The second-order valence-corrected chi connectivity index (χ2v) is 5.74. The number of halogens is 2. The van der Waals surface area contributed by atoms with Crippen molar-refractivity contribution in [3.63, 3.8) is 0 Å². The lowest BCUT2D eigenvalue weighted by Gasteiger charge is -2.27. The van der Waals surface area contributed by atoms with Crippen molar-refractivity contribution < 1.29 is 8.78 Å². The van der Waals surface area contributed by atoms with Crippen LogP contribution in [0, 0.1) is 17.6 Å². The molecule has 102 valence electrons. The number of H-pyrrole nitrogens is 1. The predicted molar refractivity (Wildman–Crippen MR) is 73.2 cm³/mol. The molecule has 1 unspecified atom stereocenters. The first kappa shape index (κ1) is 12.6. The van der Waals surface area contributed by atoms with Gasteiger partial charge in [0, 0.05) is 17.6 Å². The van der Waals surface area contributed by atoms with Crippen LogP contribution in [0.15, 0.2) is 18.3 Å². The van der Waals surface area contributed by atoms with Crippen LogP contribution in [-0.4, -0.2) is 4.98 Å². The highest BCUT2D eigenvalue weighted by molar-refractivity contribution is 5.84. The smallest absolute Gasteiger partial charge is 0.150 e. The highest BCUT2D eigenvalue weighted by Gasteiger charge is 2.24. The van der Waals surface area contributed by atoms with Gasteiger partial charge in [-0.1, -0.05) is 26.2 Å². The van der Waals surface area contributed by atoms with Crippen LogP contribution in [0.25, 0.3) is 10.9 Å². The summed E-state index contributed by atoms with van der Waals surface area (Å²) in [5.74, 6) is -0.00637. The lowest BCUT2D eigenvalue weighted by atomic mass is 9.78. The third kappa shape index (κ3) is 2.26. The van der Waals surface area contributed by atoms with Crippen LogP contribution in [0.2, 0.25) is 0 Å². The SMILES string of the molecule is CC(c1c[nH]c2c(F)cc(F)cc12)C1CCCCC1. The van der Waals surface area contributed by atoms with Crippen molar-refractivity contribution in [1.29, 1.82) is 0 Å². The van der Waals surface area contributed by atoms with Gasteiger partial charge in [-0.15, -0.1) is 0 Å². The normalized spacial score (nSPS) is 18.9. The molecule has 1 atom stereocenters. The van der Waals surface area contributed by atoms with Gasteiger partial charge in [0.05, 0.1) is 5.52 Å². The van der Waals surface area contributed by atoms with Crippen molar-refractivity contribution in [3.8, 4) is 0 Å². The number of rotatable bonds is 2. The lowest BCUT2D eigenvalue weighted by molar-refractivity contribution is 0.317. The van der Waals surface area contributed by atoms with E-state index in [2.05, 4.69) is 11.9 Å². The Morgan fingerprint density at radius 1 is 1.16 bits per heavy atom. The molecule has 19 heavy (non-hydrogen) atoms. The number of benzene rings is 1. The number of hydrogen-bond acceptors (Lipinski definition) is 0. The summed E-state index contributed by atoms with van der Waals surface area (Å²) in [4.78, 5) is 2.96. The maximum Gasteiger partial charge on any atom is 0.150 e. The molecule has 1 fully saturated rings. The van der Waals surface area contributed by atoms with E-state index in [-0.39, 0.29) is 0 Å². The Morgan fingerprint density at radius 2 is 1.89 bits per heavy atom. The quantitative estimate of drug-likeness (QED) is 0.773. The molecule has 1 nitrogen and oxygen atoms in total. The molecule has 0 spiro atoms. The van der Waals surface area contributed by atoms with Crippen LogP contribution in [0.5, 0.6) is 0 Å². The van der Waals surface area contributed by atoms with Gasteiger partial charge in [-0.2, -0.15) is 0 Å². The second kappa shape index (κ2) is 4.95. The Morgan fingerprint density at radius 3 is 2.63 bits per heavy atom. The minimum Gasteiger partial charge on any atom is -0.359 e. The van der Waals surface area contributed by atoms with Gasteiger partial charge in [0.15, 0.2) is 0 Å². The van der Waals surface area contributed by atoms with Gasteiger partial charge in [0.2, 0.25) is 0 Å². The van der Waals surface area contributed by atoms with E-state index in [1.165, 1.54) is 38.2 Å². The molecular weight excluding hydrogens is 244 g/mol. The number of fused-ring (bicyclic) bond motifs is 1. The van der Waals surface area contributed by atoms with Crippen LogP contribution in [0.4, 0.5) is 8.78 Å². The first-order chi connectivity index (χ1) is 9.16. The summed E-state index contributed by atoms with van der Waals surface area (Å²) in [5.41, 5.74) is 1.49. The molecule has 1 aliphatic carbocycles. The number of nitrogens with one attached hydrogen (secondary N) is 1. The van der Waals surface area contributed by atoms with Crippen molar-refractivity contribution in [3.05, 3.63) is 35.5 Å². The summed E-state index contributed by atoms with van der Waals surface area (Å²) in [5, 5.41) is 0.704. The van der Waals surface area contributed by atoms with Gasteiger partial charge < -0.3 is 4.98 Å². The summed E-state index contributed by atoms with van der Waals surface area (Å²) in [7, 11) is 0. The van der Waals surface area contributed by atoms with E-state index >= 15 is 0 Å². The summed E-state index contributed by atoms with van der Waals surface area (Å²) < 4.78 is 27.1. The topological polar surface area (TPSA) is 15.8 Å². The van der Waals surface area contributed by atoms with E-state index in [0.717, 1.165) is 11.6 Å². The summed E-state index contributed by atoms with van der Waals surface area (Å²) in [6, 6.07) is 2.39. The zero-order chi connectivity index (χ0) is 13.4. The molecular formula is C16H19F2N. The third-order valence-corrected chi connectivity index (χ3v) is 4.59. The molecule has 0 radical (unpaired) electrons. The van der Waals surface area contributed by atoms with Crippen molar-refractivity contribution in [1.82, 2.24) is 4.98 Å². The molecule has 3 rings (SSSR count). The van der Waals surface area contributed by atoms with E-state index in [4.69, 9.17) is 0 Å². The zero-order valence-corrected chi connectivity index (χ0v) is 11.2. The molecule has 1 N–H and O–H groups in total. The number of aromatic nitrogens is 1. The van der Waals surface area contributed by atoms with Crippen LogP contribution >= 0.6 is 0 Å². The molecule has 1 heterocycles. The first-order valence-corrected chi connectivity index (χ1v) is 7.13. The lowest BCUT2D eigenvalue weighted by Crippen LogP contribution is -2.13. The van der Waals surface area contributed by atoms with Crippen LogP contribution < -0.4 is 0 Å². The molecule has 1 saturated carbocycles. The van der Waals surface area contributed by atoms with Crippen molar-refractivity contribution in [2.45, 2.75) is 44.9 Å². The predicted octanol–water partition coefficient (Wildman–Crippen LogP) is 5.13. The molecule has 1 aromatic heterocycles. The number of aromatic amines is 1. The third-order valence-electron chi connectivity index (χ3n) is 4.59. The Kier molecular flexibility index (Phi) is 3.29. The maximum atomic E-state index is 13.7. The van der Waals surface area contributed by atoms with Crippen molar-refractivity contribution in [2.75, 3.05) is 0 Å². The fourth-order valence-electron chi connectivity index (χ4n) is 3.44. The zero-order valence-electron chi connectivity index (χ0n) is 11.2. The van der Waals surface area contributed by atoms with E-state index in [1.54, 1.807) is 0 Å². The number of hydrogen-bond donors (Lipinski definition) is 1. The van der Waals surface area contributed by atoms with Crippen LogP contribution in [0.1, 0.15) is 50.5 Å². The largest absolute Gasteiger partial charge is 0.359 e.